The van der Waals surface area contributed by atoms with E-state index in [4.69, 9.17) is 5.26 Å². The van der Waals surface area contributed by atoms with Crippen molar-refractivity contribution in [3.63, 3.8) is 0 Å². The first-order chi connectivity index (χ1) is 9.86. The minimum Gasteiger partial charge on any atom is -1.00 e. The molecule has 1 aromatic heterocycles. The largest absolute Gasteiger partial charge is 1.00 e. The van der Waals surface area contributed by atoms with Gasteiger partial charge in [-0.2, -0.15) is 5.26 Å². The summed E-state index contributed by atoms with van der Waals surface area (Å²) < 4.78 is 2.17. The van der Waals surface area contributed by atoms with Crippen molar-refractivity contribution in [1.82, 2.24) is 0 Å². The molecule has 0 N–H and O–H groups in total. The van der Waals surface area contributed by atoms with E-state index in [9.17, 15) is 0 Å². The molecule has 0 fully saturated rings. The smallest absolute Gasteiger partial charge is 0.170 e. The third-order valence-corrected chi connectivity index (χ3v) is 3.79. The molecule has 3 heteroatoms. The first-order valence-corrected chi connectivity index (χ1v) is 8.26. The van der Waals surface area contributed by atoms with Crippen LogP contribution < -0.4 is 21.5 Å². The molecule has 0 saturated heterocycles. The van der Waals surface area contributed by atoms with Gasteiger partial charge in [0.2, 0.25) is 0 Å². The van der Waals surface area contributed by atoms with Crippen molar-refractivity contribution in [2.24, 2.45) is 0 Å². The molecular formula is C18H29BrN2. The summed E-state index contributed by atoms with van der Waals surface area (Å²) >= 11 is 0. The van der Waals surface area contributed by atoms with E-state index in [0.29, 0.717) is 0 Å². The van der Waals surface area contributed by atoms with Crippen LogP contribution in [0.5, 0.6) is 0 Å². The highest BCUT2D eigenvalue weighted by atomic mass is 79.9. The van der Waals surface area contributed by atoms with Crippen molar-refractivity contribution in [2.75, 3.05) is 0 Å². The van der Waals surface area contributed by atoms with Crippen LogP contribution in [0.1, 0.15) is 76.7 Å². The summed E-state index contributed by atoms with van der Waals surface area (Å²) in [6, 6.07) is 5.92. The number of aromatic nitrogens is 1. The van der Waals surface area contributed by atoms with E-state index in [0.717, 1.165) is 12.1 Å². The van der Waals surface area contributed by atoms with Gasteiger partial charge in [-0.1, -0.05) is 58.3 Å². The third kappa shape index (κ3) is 10.5. The first kappa shape index (κ1) is 20.1. The lowest BCUT2D eigenvalue weighted by Crippen LogP contribution is -3.00. The van der Waals surface area contributed by atoms with Gasteiger partial charge in [0.15, 0.2) is 12.4 Å². The van der Waals surface area contributed by atoms with Crippen molar-refractivity contribution < 1.29 is 21.5 Å². The predicted octanol–water partition coefficient (Wildman–Crippen LogP) is 1.77. The zero-order valence-corrected chi connectivity index (χ0v) is 14.9. The van der Waals surface area contributed by atoms with Crippen LogP contribution >= 0.6 is 0 Å². The van der Waals surface area contributed by atoms with Crippen LogP contribution in [0.15, 0.2) is 24.5 Å². The third-order valence-electron chi connectivity index (χ3n) is 3.79. The van der Waals surface area contributed by atoms with Crippen molar-refractivity contribution in [1.29, 1.82) is 5.26 Å². The summed E-state index contributed by atoms with van der Waals surface area (Å²) in [5.41, 5.74) is 0.740. The Balaban J connectivity index is 0.00000400. The number of aryl methyl sites for hydroxylation is 1. The minimum atomic E-state index is 0. The van der Waals surface area contributed by atoms with Gasteiger partial charge in [-0.25, -0.2) is 4.57 Å². The Morgan fingerprint density at radius 3 is 1.81 bits per heavy atom. The standard InChI is InChI=1S/C18H29N2.BrH/c1-2-3-4-5-6-7-8-9-10-11-14-20-15-12-18(17-19)13-16-20;/h12-13,15-16H,2-11,14H2,1H3;1H/q+1;/p-1. The van der Waals surface area contributed by atoms with E-state index in [1.807, 2.05) is 24.5 Å². The molecular weight excluding hydrogens is 324 g/mol. The van der Waals surface area contributed by atoms with Crippen LogP contribution in [0.3, 0.4) is 0 Å². The number of hydrogen-bond donors (Lipinski definition) is 0. The molecule has 0 aromatic carbocycles. The topological polar surface area (TPSA) is 27.7 Å². The summed E-state index contributed by atoms with van der Waals surface area (Å²) in [4.78, 5) is 0. The monoisotopic (exact) mass is 352 g/mol. The lowest BCUT2D eigenvalue weighted by molar-refractivity contribution is -0.697. The fourth-order valence-electron chi connectivity index (χ4n) is 2.46. The van der Waals surface area contributed by atoms with E-state index in [1.165, 1.54) is 64.2 Å². The minimum absolute atomic E-state index is 0. The molecule has 0 spiro atoms. The quantitative estimate of drug-likeness (QED) is 0.440. The first-order valence-electron chi connectivity index (χ1n) is 8.26. The number of rotatable bonds is 11. The number of nitriles is 1. The molecule has 21 heavy (non-hydrogen) atoms. The zero-order valence-electron chi connectivity index (χ0n) is 13.4. The van der Waals surface area contributed by atoms with E-state index >= 15 is 0 Å². The van der Waals surface area contributed by atoms with Crippen LogP contribution in [0, 0.1) is 11.3 Å². The van der Waals surface area contributed by atoms with Crippen molar-refractivity contribution in [2.45, 2.75) is 77.7 Å². The van der Waals surface area contributed by atoms with E-state index in [1.54, 1.807) is 0 Å². The highest BCUT2D eigenvalue weighted by Gasteiger charge is 2.00. The summed E-state index contributed by atoms with van der Waals surface area (Å²) in [5.74, 6) is 0. The summed E-state index contributed by atoms with van der Waals surface area (Å²) in [6.45, 7) is 3.34. The Labute approximate surface area is 141 Å². The molecule has 0 unspecified atom stereocenters. The Kier molecular flexibility index (Phi) is 13.5. The molecule has 0 aliphatic rings. The second kappa shape index (κ2) is 14.1. The molecule has 1 aromatic rings. The van der Waals surface area contributed by atoms with Gasteiger partial charge in [-0.05, 0) is 6.42 Å². The number of pyridine rings is 1. The van der Waals surface area contributed by atoms with Crippen molar-refractivity contribution in [3.05, 3.63) is 30.1 Å². The molecule has 0 atom stereocenters. The summed E-state index contributed by atoms with van der Waals surface area (Å²) in [7, 11) is 0. The van der Waals surface area contributed by atoms with Crippen LogP contribution in [-0.2, 0) is 6.54 Å². The van der Waals surface area contributed by atoms with Gasteiger partial charge in [-0.15, -0.1) is 0 Å². The van der Waals surface area contributed by atoms with Gasteiger partial charge in [0.1, 0.15) is 6.54 Å². The van der Waals surface area contributed by atoms with Crippen LogP contribution in [0.25, 0.3) is 0 Å². The Bertz CT molecular complexity index is 381. The van der Waals surface area contributed by atoms with E-state index in [2.05, 4.69) is 17.6 Å². The van der Waals surface area contributed by atoms with Crippen LogP contribution in [-0.4, -0.2) is 0 Å². The lowest BCUT2D eigenvalue weighted by Gasteiger charge is -2.01. The van der Waals surface area contributed by atoms with Gasteiger partial charge in [0, 0.05) is 18.6 Å². The Morgan fingerprint density at radius 1 is 0.857 bits per heavy atom. The fraction of sp³-hybridized carbons (Fsp3) is 0.667. The predicted molar refractivity (Wildman–Crippen MR) is 83.2 cm³/mol. The highest BCUT2D eigenvalue weighted by molar-refractivity contribution is 5.23. The SMILES string of the molecule is CCCCCCCCCCCC[n+]1ccc(C#N)cc1.[Br-]. The van der Waals surface area contributed by atoms with E-state index < -0.39 is 0 Å². The van der Waals surface area contributed by atoms with Gasteiger partial charge >= 0.3 is 0 Å². The molecule has 0 bridgehead atoms. The van der Waals surface area contributed by atoms with Gasteiger partial charge < -0.3 is 17.0 Å². The van der Waals surface area contributed by atoms with Gasteiger partial charge in [0.25, 0.3) is 0 Å². The Morgan fingerprint density at radius 2 is 1.33 bits per heavy atom. The van der Waals surface area contributed by atoms with Gasteiger partial charge in [-0.3, -0.25) is 0 Å². The fourth-order valence-corrected chi connectivity index (χ4v) is 2.46. The zero-order chi connectivity index (χ0) is 14.5. The lowest BCUT2D eigenvalue weighted by atomic mass is 10.1. The maximum absolute atomic E-state index is 8.73. The maximum Gasteiger partial charge on any atom is 0.170 e. The molecule has 1 heterocycles. The number of halogens is 1. The molecule has 0 saturated carbocycles. The molecule has 0 radical (unpaired) electrons. The molecule has 1 rings (SSSR count). The van der Waals surface area contributed by atoms with E-state index in [-0.39, 0.29) is 17.0 Å². The average molecular weight is 353 g/mol. The van der Waals surface area contributed by atoms with Crippen molar-refractivity contribution in [3.8, 4) is 6.07 Å². The van der Waals surface area contributed by atoms with Crippen LogP contribution in [0.2, 0.25) is 0 Å². The van der Waals surface area contributed by atoms with Crippen LogP contribution in [0.4, 0.5) is 0 Å². The summed E-state index contributed by atoms with van der Waals surface area (Å²) in [6.07, 6.45) is 17.8. The van der Waals surface area contributed by atoms with Crippen molar-refractivity contribution >= 4 is 0 Å². The number of unbranched alkanes of at least 4 members (excludes halogenated alkanes) is 9. The molecule has 118 valence electrons. The molecule has 0 aliphatic heterocycles. The second-order valence-electron chi connectivity index (χ2n) is 5.62. The van der Waals surface area contributed by atoms with Gasteiger partial charge in [0.05, 0.1) is 11.6 Å². The highest BCUT2D eigenvalue weighted by Crippen LogP contribution is 2.10. The summed E-state index contributed by atoms with van der Waals surface area (Å²) in [5, 5.41) is 8.73. The normalized spacial score (nSPS) is 9.90. The molecule has 0 aliphatic carbocycles. The number of hydrogen-bond acceptors (Lipinski definition) is 1. The Hall–Kier alpha value is -0.880. The molecule has 2 nitrogen and oxygen atoms in total. The maximum atomic E-state index is 8.73. The average Bonchev–Trinajstić information content (AvgIpc) is 2.50. The molecule has 0 amide bonds. The second-order valence-corrected chi connectivity index (χ2v) is 5.62. The number of nitrogens with zero attached hydrogens (tertiary/aromatic N) is 2.